The Labute approximate surface area is 110 Å². The molecule has 0 saturated heterocycles. The van der Waals surface area contributed by atoms with Crippen LogP contribution in [-0.2, 0) is 6.42 Å². The van der Waals surface area contributed by atoms with E-state index in [1.54, 1.807) is 0 Å². The smallest absolute Gasteiger partial charge is 0.0292 e. The van der Waals surface area contributed by atoms with Crippen molar-refractivity contribution in [1.29, 1.82) is 0 Å². The summed E-state index contributed by atoms with van der Waals surface area (Å²) in [7, 11) is 0. The molecule has 1 heteroatoms. The monoisotopic (exact) mass is 239 g/mol. The standard InChI is InChI=1S/C17H21N/c1-3-13-8-10-14(11-9-13)15-6-5-7-16(12-15)17(18)4-2/h5-12,17H,3-4,18H2,1-2H3. The van der Waals surface area contributed by atoms with Crippen LogP contribution in [-0.4, -0.2) is 0 Å². The van der Waals surface area contributed by atoms with Crippen molar-refractivity contribution < 1.29 is 0 Å². The fraction of sp³-hybridized carbons (Fsp3) is 0.294. The molecule has 1 atom stereocenters. The van der Waals surface area contributed by atoms with Gasteiger partial charge in [-0.05, 0) is 41.2 Å². The Morgan fingerprint density at radius 1 is 0.944 bits per heavy atom. The normalized spacial score (nSPS) is 12.4. The molecule has 0 fully saturated rings. The Balaban J connectivity index is 2.32. The van der Waals surface area contributed by atoms with E-state index in [2.05, 4.69) is 62.4 Å². The van der Waals surface area contributed by atoms with E-state index in [0.717, 1.165) is 12.8 Å². The number of aryl methyl sites for hydroxylation is 1. The van der Waals surface area contributed by atoms with Crippen molar-refractivity contribution in [3.8, 4) is 11.1 Å². The van der Waals surface area contributed by atoms with Crippen molar-refractivity contribution in [2.24, 2.45) is 5.73 Å². The highest BCUT2D eigenvalue weighted by Gasteiger charge is 2.05. The zero-order chi connectivity index (χ0) is 13.0. The average molecular weight is 239 g/mol. The molecule has 0 aliphatic carbocycles. The minimum atomic E-state index is 0.139. The van der Waals surface area contributed by atoms with Crippen LogP contribution in [0, 0.1) is 0 Å². The largest absolute Gasteiger partial charge is 0.324 e. The van der Waals surface area contributed by atoms with Gasteiger partial charge in [0.2, 0.25) is 0 Å². The minimum absolute atomic E-state index is 0.139. The molecule has 0 bridgehead atoms. The zero-order valence-corrected chi connectivity index (χ0v) is 11.2. The highest BCUT2D eigenvalue weighted by molar-refractivity contribution is 5.64. The summed E-state index contributed by atoms with van der Waals surface area (Å²) in [6.45, 7) is 4.29. The summed E-state index contributed by atoms with van der Waals surface area (Å²) < 4.78 is 0. The third kappa shape index (κ3) is 2.80. The highest BCUT2D eigenvalue weighted by atomic mass is 14.6. The lowest BCUT2D eigenvalue weighted by molar-refractivity contribution is 0.699. The van der Waals surface area contributed by atoms with Gasteiger partial charge in [-0.25, -0.2) is 0 Å². The molecule has 1 unspecified atom stereocenters. The SMILES string of the molecule is CCc1ccc(-c2cccc(C(N)CC)c2)cc1. The van der Waals surface area contributed by atoms with E-state index in [-0.39, 0.29) is 6.04 Å². The second-order valence-corrected chi connectivity index (χ2v) is 4.69. The summed E-state index contributed by atoms with van der Waals surface area (Å²) >= 11 is 0. The van der Waals surface area contributed by atoms with Gasteiger partial charge in [-0.3, -0.25) is 0 Å². The van der Waals surface area contributed by atoms with Crippen LogP contribution in [0.2, 0.25) is 0 Å². The van der Waals surface area contributed by atoms with E-state index >= 15 is 0 Å². The molecule has 1 nitrogen and oxygen atoms in total. The number of hydrogen-bond acceptors (Lipinski definition) is 1. The molecule has 0 heterocycles. The Morgan fingerprint density at radius 3 is 2.28 bits per heavy atom. The summed E-state index contributed by atoms with van der Waals surface area (Å²) in [6, 6.07) is 17.5. The fourth-order valence-corrected chi connectivity index (χ4v) is 2.12. The van der Waals surface area contributed by atoms with Crippen LogP contribution < -0.4 is 5.73 Å². The molecule has 0 aliphatic heterocycles. The van der Waals surface area contributed by atoms with Gasteiger partial charge in [-0.2, -0.15) is 0 Å². The summed E-state index contributed by atoms with van der Waals surface area (Å²) in [5, 5.41) is 0. The lowest BCUT2D eigenvalue weighted by Gasteiger charge is -2.11. The molecular weight excluding hydrogens is 218 g/mol. The van der Waals surface area contributed by atoms with Crippen LogP contribution in [0.3, 0.4) is 0 Å². The van der Waals surface area contributed by atoms with Crippen molar-refractivity contribution >= 4 is 0 Å². The third-order valence-electron chi connectivity index (χ3n) is 3.45. The molecule has 0 aromatic heterocycles. The number of nitrogens with two attached hydrogens (primary N) is 1. The Kier molecular flexibility index (Phi) is 4.16. The predicted molar refractivity (Wildman–Crippen MR) is 78.5 cm³/mol. The topological polar surface area (TPSA) is 26.0 Å². The second-order valence-electron chi connectivity index (χ2n) is 4.69. The van der Waals surface area contributed by atoms with Crippen LogP contribution in [0.15, 0.2) is 48.5 Å². The van der Waals surface area contributed by atoms with Crippen LogP contribution in [0.25, 0.3) is 11.1 Å². The van der Waals surface area contributed by atoms with Gasteiger partial charge in [0.25, 0.3) is 0 Å². The Hall–Kier alpha value is -1.60. The van der Waals surface area contributed by atoms with E-state index in [1.165, 1.54) is 22.3 Å². The van der Waals surface area contributed by atoms with Gasteiger partial charge < -0.3 is 5.73 Å². The Morgan fingerprint density at radius 2 is 1.67 bits per heavy atom. The van der Waals surface area contributed by atoms with Crippen LogP contribution in [0.4, 0.5) is 0 Å². The van der Waals surface area contributed by atoms with E-state index in [1.807, 2.05) is 0 Å². The van der Waals surface area contributed by atoms with E-state index < -0.39 is 0 Å². The molecule has 0 amide bonds. The predicted octanol–water partition coefficient (Wildman–Crippen LogP) is 4.33. The molecule has 0 aliphatic rings. The summed E-state index contributed by atoms with van der Waals surface area (Å²) in [5.74, 6) is 0. The van der Waals surface area contributed by atoms with Crippen LogP contribution >= 0.6 is 0 Å². The van der Waals surface area contributed by atoms with E-state index in [0.29, 0.717) is 0 Å². The number of benzene rings is 2. The first kappa shape index (κ1) is 12.8. The van der Waals surface area contributed by atoms with Gasteiger partial charge in [0.05, 0.1) is 0 Å². The molecule has 2 aromatic rings. The molecule has 0 spiro atoms. The molecule has 2 N–H and O–H groups in total. The van der Waals surface area contributed by atoms with Gasteiger partial charge in [0.1, 0.15) is 0 Å². The summed E-state index contributed by atoms with van der Waals surface area (Å²) in [6.07, 6.45) is 2.05. The maximum atomic E-state index is 6.09. The number of rotatable bonds is 4. The fourth-order valence-electron chi connectivity index (χ4n) is 2.12. The quantitative estimate of drug-likeness (QED) is 0.844. The van der Waals surface area contributed by atoms with Gasteiger partial charge in [0.15, 0.2) is 0 Å². The molecule has 0 saturated carbocycles. The molecule has 94 valence electrons. The van der Waals surface area contributed by atoms with Crippen molar-refractivity contribution in [2.75, 3.05) is 0 Å². The highest BCUT2D eigenvalue weighted by Crippen LogP contribution is 2.24. The lowest BCUT2D eigenvalue weighted by Crippen LogP contribution is -2.08. The molecule has 2 aromatic carbocycles. The van der Waals surface area contributed by atoms with Crippen LogP contribution in [0.5, 0.6) is 0 Å². The van der Waals surface area contributed by atoms with Crippen molar-refractivity contribution in [2.45, 2.75) is 32.7 Å². The summed E-state index contributed by atoms with van der Waals surface area (Å²) in [5.41, 5.74) is 11.2. The summed E-state index contributed by atoms with van der Waals surface area (Å²) in [4.78, 5) is 0. The van der Waals surface area contributed by atoms with Gasteiger partial charge in [0, 0.05) is 6.04 Å². The average Bonchev–Trinajstić information content (AvgIpc) is 2.46. The van der Waals surface area contributed by atoms with Crippen molar-refractivity contribution in [3.05, 3.63) is 59.7 Å². The molecule has 2 rings (SSSR count). The number of hydrogen-bond donors (Lipinski definition) is 1. The van der Waals surface area contributed by atoms with Crippen molar-refractivity contribution in [3.63, 3.8) is 0 Å². The maximum absolute atomic E-state index is 6.09. The lowest BCUT2D eigenvalue weighted by atomic mass is 9.98. The van der Waals surface area contributed by atoms with Gasteiger partial charge in [-0.1, -0.05) is 56.3 Å². The van der Waals surface area contributed by atoms with E-state index in [9.17, 15) is 0 Å². The maximum Gasteiger partial charge on any atom is 0.0292 e. The molecule has 18 heavy (non-hydrogen) atoms. The Bertz CT molecular complexity index is 499. The molecular formula is C17H21N. The first-order valence-electron chi connectivity index (χ1n) is 6.69. The second kappa shape index (κ2) is 5.83. The van der Waals surface area contributed by atoms with E-state index in [4.69, 9.17) is 5.73 Å². The van der Waals surface area contributed by atoms with Gasteiger partial charge >= 0.3 is 0 Å². The molecule has 0 radical (unpaired) electrons. The van der Waals surface area contributed by atoms with Crippen LogP contribution in [0.1, 0.15) is 37.4 Å². The first-order valence-corrected chi connectivity index (χ1v) is 6.69. The minimum Gasteiger partial charge on any atom is -0.324 e. The third-order valence-corrected chi connectivity index (χ3v) is 3.45. The first-order chi connectivity index (χ1) is 8.74. The zero-order valence-electron chi connectivity index (χ0n) is 11.2. The van der Waals surface area contributed by atoms with Gasteiger partial charge in [-0.15, -0.1) is 0 Å². The van der Waals surface area contributed by atoms with Crippen molar-refractivity contribution in [1.82, 2.24) is 0 Å².